The summed E-state index contributed by atoms with van der Waals surface area (Å²) in [7, 11) is -1.57. The van der Waals surface area contributed by atoms with Crippen LogP contribution in [0.25, 0.3) is 0 Å². The van der Waals surface area contributed by atoms with E-state index < -0.39 is 16.4 Å². The molecule has 0 saturated carbocycles. The molecule has 27 heavy (non-hydrogen) atoms. The maximum absolute atomic E-state index is 12.7. The molecule has 1 N–H and O–H groups in total. The molecule has 6 nitrogen and oxygen atoms in total. The molecule has 0 spiro atoms. The van der Waals surface area contributed by atoms with E-state index in [4.69, 9.17) is 0 Å². The minimum Gasteiger partial charge on any atom is -0.366 e. The van der Waals surface area contributed by atoms with Gasteiger partial charge < -0.3 is 10.2 Å². The van der Waals surface area contributed by atoms with E-state index in [1.54, 1.807) is 18.2 Å². The van der Waals surface area contributed by atoms with Crippen LogP contribution in [0.2, 0.25) is 0 Å². The van der Waals surface area contributed by atoms with Crippen LogP contribution in [0, 0.1) is 0 Å². The van der Waals surface area contributed by atoms with Crippen LogP contribution in [0.3, 0.4) is 0 Å². The van der Waals surface area contributed by atoms with Crippen LogP contribution in [0.15, 0.2) is 47.5 Å². The molecule has 3 rings (SSSR count). The first kappa shape index (κ1) is 19.7. The van der Waals surface area contributed by atoms with E-state index in [9.17, 15) is 17.2 Å². The van der Waals surface area contributed by atoms with Gasteiger partial charge in [-0.05, 0) is 24.7 Å². The minimum absolute atomic E-state index is 0.0182. The van der Waals surface area contributed by atoms with Crippen molar-refractivity contribution in [2.75, 3.05) is 38.5 Å². The molecule has 1 aliphatic heterocycles. The molecule has 0 bridgehead atoms. The van der Waals surface area contributed by atoms with Crippen molar-refractivity contribution in [1.82, 2.24) is 14.2 Å². The highest BCUT2D eigenvalue weighted by Gasteiger charge is 2.27. The predicted octanol–water partition coefficient (Wildman–Crippen LogP) is 2.57. The van der Waals surface area contributed by atoms with Gasteiger partial charge in [0.15, 0.2) is 0 Å². The Labute approximate surface area is 157 Å². The van der Waals surface area contributed by atoms with Crippen LogP contribution in [-0.2, 0) is 16.6 Å². The van der Waals surface area contributed by atoms with Gasteiger partial charge in [-0.2, -0.15) is 4.31 Å². The number of halogens is 2. The molecule has 1 aliphatic rings. The lowest BCUT2D eigenvalue weighted by atomic mass is 10.1. The van der Waals surface area contributed by atoms with E-state index in [-0.39, 0.29) is 10.5 Å². The lowest BCUT2D eigenvalue weighted by molar-refractivity contribution is 0.151. The summed E-state index contributed by atoms with van der Waals surface area (Å²) in [5.41, 5.74) is 0.811. The van der Waals surface area contributed by atoms with E-state index >= 15 is 0 Å². The van der Waals surface area contributed by atoms with Crippen molar-refractivity contribution in [2.24, 2.45) is 0 Å². The molecule has 0 amide bonds. The lowest BCUT2D eigenvalue weighted by Gasteiger charge is -2.31. The van der Waals surface area contributed by atoms with Gasteiger partial charge >= 0.3 is 0 Å². The van der Waals surface area contributed by atoms with Gasteiger partial charge in [-0.15, -0.1) is 0 Å². The average Bonchev–Trinajstić information content (AvgIpc) is 2.67. The van der Waals surface area contributed by atoms with E-state index in [0.29, 0.717) is 38.5 Å². The number of hydrogen-bond acceptors (Lipinski definition) is 5. The Balaban J connectivity index is 1.61. The minimum atomic E-state index is -3.54. The summed E-state index contributed by atoms with van der Waals surface area (Å²) in [6, 6.07) is 9.17. The fourth-order valence-corrected chi connectivity index (χ4v) is 4.16. The summed E-state index contributed by atoms with van der Waals surface area (Å²) >= 11 is 0. The van der Waals surface area contributed by atoms with Crippen molar-refractivity contribution >= 4 is 15.8 Å². The first-order chi connectivity index (χ1) is 12.9. The Kier molecular flexibility index (Phi) is 6.03. The molecule has 146 valence electrons. The third-order valence-electron chi connectivity index (χ3n) is 4.54. The third-order valence-corrected chi connectivity index (χ3v) is 6.42. The number of alkyl halides is 2. The van der Waals surface area contributed by atoms with Gasteiger partial charge in [0, 0.05) is 44.5 Å². The van der Waals surface area contributed by atoms with E-state index in [2.05, 4.69) is 15.2 Å². The number of likely N-dealkylation sites (N-methyl/N-ethyl adjacent to an activating group) is 1. The van der Waals surface area contributed by atoms with Crippen molar-refractivity contribution < 1.29 is 17.2 Å². The molecule has 0 atom stereocenters. The zero-order valence-electron chi connectivity index (χ0n) is 15.0. The molecule has 2 heterocycles. The number of nitrogens with zero attached hydrogens (tertiary/aromatic N) is 3. The van der Waals surface area contributed by atoms with Gasteiger partial charge in [0.25, 0.3) is 6.43 Å². The van der Waals surface area contributed by atoms with Crippen LogP contribution >= 0.6 is 0 Å². The number of hydrogen-bond donors (Lipinski definition) is 1. The second kappa shape index (κ2) is 8.28. The van der Waals surface area contributed by atoms with Gasteiger partial charge in [0.05, 0.1) is 0 Å². The fourth-order valence-electron chi connectivity index (χ4n) is 2.79. The summed E-state index contributed by atoms with van der Waals surface area (Å²) in [5.74, 6) is 0.519. The maximum Gasteiger partial charge on any atom is 0.263 e. The molecule has 1 aromatic heterocycles. The summed E-state index contributed by atoms with van der Waals surface area (Å²) in [5, 5.41) is 3.06. The van der Waals surface area contributed by atoms with Crippen LogP contribution in [0.5, 0.6) is 0 Å². The van der Waals surface area contributed by atoms with E-state index in [1.807, 2.05) is 7.05 Å². The van der Waals surface area contributed by atoms with Gasteiger partial charge in [-0.1, -0.05) is 24.3 Å². The summed E-state index contributed by atoms with van der Waals surface area (Å²) in [4.78, 5) is 6.42. The Hall–Kier alpha value is -2.10. The molecule has 0 aliphatic carbocycles. The molecule has 0 unspecified atom stereocenters. The Bertz CT molecular complexity index is 850. The van der Waals surface area contributed by atoms with Gasteiger partial charge in [0.1, 0.15) is 10.7 Å². The molecule has 9 heteroatoms. The van der Waals surface area contributed by atoms with E-state index in [1.165, 1.54) is 28.7 Å². The molecular formula is C18H22F2N4O2S. The number of piperazine rings is 1. The molecular weight excluding hydrogens is 374 g/mol. The summed E-state index contributed by atoms with van der Waals surface area (Å²) < 4.78 is 51.9. The molecule has 1 aromatic carbocycles. The van der Waals surface area contributed by atoms with E-state index in [0.717, 1.165) is 5.56 Å². The number of pyridine rings is 1. The number of sulfonamides is 1. The first-order valence-electron chi connectivity index (χ1n) is 8.62. The monoisotopic (exact) mass is 396 g/mol. The highest BCUT2D eigenvalue weighted by atomic mass is 32.2. The quantitative estimate of drug-likeness (QED) is 0.813. The number of benzene rings is 1. The second-order valence-electron chi connectivity index (χ2n) is 6.48. The Morgan fingerprint density at radius 2 is 1.74 bits per heavy atom. The van der Waals surface area contributed by atoms with Crippen molar-refractivity contribution in [3.8, 4) is 0 Å². The summed E-state index contributed by atoms with van der Waals surface area (Å²) in [6.45, 7) is 2.75. The standard InChI is InChI=1S/C18H22F2N4O2S/c1-23-8-10-24(11-9-23)27(25,26)16-6-7-17(22-13-16)21-12-14-2-4-15(5-3-14)18(19)20/h2-7,13,18H,8-12H2,1H3,(H,21,22). The molecule has 1 saturated heterocycles. The van der Waals surface area contributed by atoms with Crippen LogP contribution in [-0.4, -0.2) is 55.8 Å². The Morgan fingerprint density at radius 3 is 2.30 bits per heavy atom. The average molecular weight is 396 g/mol. The highest BCUT2D eigenvalue weighted by molar-refractivity contribution is 7.89. The number of nitrogens with one attached hydrogen (secondary N) is 1. The topological polar surface area (TPSA) is 65.5 Å². The maximum atomic E-state index is 12.7. The third kappa shape index (κ3) is 4.79. The van der Waals surface area contributed by atoms with Crippen LogP contribution in [0.4, 0.5) is 14.6 Å². The normalized spacial score (nSPS) is 16.6. The van der Waals surface area contributed by atoms with Crippen molar-refractivity contribution in [2.45, 2.75) is 17.9 Å². The van der Waals surface area contributed by atoms with Crippen molar-refractivity contribution in [3.63, 3.8) is 0 Å². The molecule has 1 fully saturated rings. The van der Waals surface area contributed by atoms with Crippen LogP contribution < -0.4 is 5.32 Å². The second-order valence-corrected chi connectivity index (χ2v) is 8.42. The molecule has 0 radical (unpaired) electrons. The van der Waals surface area contributed by atoms with Crippen molar-refractivity contribution in [1.29, 1.82) is 0 Å². The van der Waals surface area contributed by atoms with Gasteiger partial charge in [-0.3, -0.25) is 0 Å². The van der Waals surface area contributed by atoms with Crippen LogP contribution in [0.1, 0.15) is 17.6 Å². The number of rotatable bonds is 6. The number of aromatic nitrogens is 1. The highest BCUT2D eigenvalue weighted by Crippen LogP contribution is 2.20. The summed E-state index contributed by atoms with van der Waals surface area (Å²) in [6.07, 6.45) is -1.14. The predicted molar refractivity (Wildman–Crippen MR) is 99.2 cm³/mol. The lowest BCUT2D eigenvalue weighted by Crippen LogP contribution is -2.47. The smallest absolute Gasteiger partial charge is 0.263 e. The zero-order chi connectivity index (χ0) is 19.4. The zero-order valence-corrected chi connectivity index (χ0v) is 15.8. The number of anilines is 1. The first-order valence-corrected chi connectivity index (χ1v) is 10.1. The largest absolute Gasteiger partial charge is 0.366 e. The SMILES string of the molecule is CN1CCN(S(=O)(=O)c2ccc(NCc3ccc(C(F)F)cc3)nc2)CC1. The van der Waals surface area contributed by atoms with Gasteiger partial charge in [-0.25, -0.2) is 22.2 Å². The molecule has 2 aromatic rings. The van der Waals surface area contributed by atoms with Crippen molar-refractivity contribution in [3.05, 3.63) is 53.7 Å². The fraction of sp³-hybridized carbons (Fsp3) is 0.389. The van der Waals surface area contributed by atoms with Gasteiger partial charge in [0.2, 0.25) is 10.0 Å². The Morgan fingerprint density at radius 1 is 1.07 bits per heavy atom.